The summed E-state index contributed by atoms with van der Waals surface area (Å²) in [7, 11) is 0. The fourth-order valence-electron chi connectivity index (χ4n) is 1.62. The number of rotatable bonds is 0. The molecule has 2 rings (SSSR count). The molecule has 0 spiro atoms. The number of nitrogens with one attached hydrogen (secondary N) is 1. The third-order valence-electron chi connectivity index (χ3n) is 2.26. The van der Waals surface area contributed by atoms with E-state index in [2.05, 4.69) is 10.2 Å². The molecule has 1 aromatic heterocycles. The number of fused-ring (bicyclic) bond motifs is 1. The Morgan fingerprint density at radius 1 is 1.18 bits per heavy atom. The molecule has 0 bridgehead atoms. The zero-order valence-electron chi connectivity index (χ0n) is 6.36. The zero-order valence-corrected chi connectivity index (χ0v) is 7.12. The van der Waals surface area contributed by atoms with Crippen LogP contribution in [0.5, 0.6) is 0 Å². The Labute approximate surface area is 71.0 Å². The van der Waals surface area contributed by atoms with Crippen molar-refractivity contribution in [1.29, 1.82) is 0 Å². The highest BCUT2D eigenvalue weighted by Gasteiger charge is 2.13. The van der Waals surface area contributed by atoms with Gasteiger partial charge in [-0.05, 0) is 25.7 Å². The van der Waals surface area contributed by atoms with Crippen LogP contribution < -0.4 is 0 Å². The first-order valence-electron chi connectivity index (χ1n) is 4.09. The summed E-state index contributed by atoms with van der Waals surface area (Å²) in [6.07, 6.45) is 6.07. The van der Waals surface area contributed by atoms with E-state index in [-0.39, 0.29) is 0 Å². The van der Waals surface area contributed by atoms with Crippen LogP contribution in [0.2, 0.25) is 5.15 Å². The van der Waals surface area contributed by atoms with Crippen molar-refractivity contribution in [3.8, 4) is 0 Å². The lowest BCUT2D eigenvalue weighted by atomic mass is 10.1. The van der Waals surface area contributed by atoms with Crippen molar-refractivity contribution in [1.82, 2.24) is 10.2 Å². The van der Waals surface area contributed by atoms with Crippen LogP contribution in [-0.4, -0.2) is 10.2 Å². The fourth-order valence-corrected chi connectivity index (χ4v) is 1.87. The monoisotopic (exact) mass is 170 g/mol. The molecule has 0 atom stereocenters. The zero-order chi connectivity index (χ0) is 7.68. The van der Waals surface area contributed by atoms with E-state index in [1.54, 1.807) is 0 Å². The van der Waals surface area contributed by atoms with E-state index < -0.39 is 0 Å². The van der Waals surface area contributed by atoms with Crippen molar-refractivity contribution in [3.63, 3.8) is 0 Å². The molecular formula is C8H11ClN2. The molecule has 1 N–H and O–H groups in total. The van der Waals surface area contributed by atoms with Gasteiger partial charge in [0.25, 0.3) is 0 Å². The molecule has 2 nitrogen and oxygen atoms in total. The topological polar surface area (TPSA) is 28.7 Å². The number of hydrogen-bond donors (Lipinski definition) is 1. The van der Waals surface area contributed by atoms with Crippen LogP contribution in [0.1, 0.15) is 30.5 Å². The first-order valence-corrected chi connectivity index (χ1v) is 4.47. The highest BCUT2D eigenvalue weighted by atomic mass is 35.5. The van der Waals surface area contributed by atoms with Crippen molar-refractivity contribution in [2.45, 2.75) is 32.1 Å². The van der Waals surface area contributed by atoms with Crippen LogP contribution in [0.4, 0.5) is 0 Å². The largest absolute Gasteiger partial charge is 0.281 e. The first-order chi connectivity index (χ1) is 5.38. The van der Waals surface area contributed by atoms with E-state index in [1.165, 1.54) is 30.5 Å². The molecule has 0 aliphatic heterocycles. The quantitative estimate of drug-likeness (QED) is 0.595. The van der Waals surface area contributed by atoms with Crippen molar-refractivity contribution < 1.29 is 0 Å². The third kappa shape index (κ3) is 1.27. The molecule has 0 saturated carbocycles. The average Bonchev–Trinajstić information content (AvgIpc) is 2.25. The molecule has 1 aliphatic carbocycles. The van der Waals surface area contributed by atoms with Crippen molar-refractivity contribution in [3.05, 3.63) is 16.4 Å². The summed E-state index contributed by atoms with van der Waals surface area (Å²) in [5.74, 6) is 0. The van der Waals surface area contributed by atoms with Crippen molar-refractivity contribution in [2.24, 2.45) is 0 Å². The van der Waals surface area contributed by atoms with E-state index >= 15 is 0 Å². The number of halogens is 1. The Kier molecular flexibility index (Phi) is 1.86. The van der Waals surface area contributed by atoms with Crippen molar-refractivity contribution in [2.75, 3.05) is 0 Å². The van der Waals surface area contributed by atoms with Crippen LogP contribution in [0.25, 0.3) is 0 Å². The maximum Gasteiger partial charge on any atom is 0.154 e. The number of aromatic amines is 1. The lowest BCUT2D eigenvalue weighted by Gasteiger charge is -1.93. The smallest absolute Gasteiger partial charge is 0.154 e. The Hall–Kier alpha value is -0.500. The minimum absolute atomic E-state index is 0.682. The fraction of sp³-hybridized carbons (Fsp3) is 0.625. The normalized spacial score (nSPS) is 17.5. The third-order valence-corrected chi connectivity index (χ3v) is 2.57. The average molecular weight is 171 g/mol. The molecular weight excluding hydrogens is 160 g/mol. The molecule has 1 aromatic rings. The van der Waals surface area contributed by atoms with Gasteiger partial charge in [0.2, 0.25) is 0 Å². The van der Waals surface area contributed by atoms with E-state index in [0.717, 1.165) is 12.8 Å². The standard InChI is InChI=1S/C8H11ClN2/c9-8-6-4-2-1-3-5-7(6)10-11-8/h1-5H2,(H,10,11). The summed E-state index contributed by atoms with van der Waals surface area (Å²) < 4.78 is 0. The van der Waals surface area contributed by atoms with Gasteiger partial charge in [-0.15, -0.1) is 0 Å². The van der Waals surface area contributed by atoms with E-state index in [0.29, 0.717) is 5.15 Å². The van der Waals surface area contributed by atoms with Crippen LogP contribution in [0.3, 0.4) is 0 Å². The minimum Gasteiger partial charge on any atom is -0.281 e. The van der Waals surface area contributed by atoms with Gasteiger partial charge in [0, 0.05) is 11.3 Å². The maximum absolute atomic E-state index is 5.89. The maximum atomic E-state index is 5.89. The van der Waals surface area contributed by atoms with Gasteiger partial charge in [-0.1, -0.05) is 18.0 Å². The number of nitrogens with zero attached hydrogens (tertiary/aromatic N) is 1. The summed E-state index contributed by atoms with van der Waals surface area (Å²) in [6.45, 7) is 0. The van der Waals surface area contributed by atoms with Crippen molar-refractivity contribution >= 4 is 11.6 Å². The van der Waals surface area contributed by atoms with Crippen LogP contribution in [0.15, 0.2) is 0 Å². The summed E-state index contributed by atoms with van der Waals surface area (Å²) in [4.78, 5) is 0. The SMILES string of the molecule is Clc1n[nH]c2c1CCCCC2. The molecule has 1 heterocycles. The molecule has 3 heteroatoms. The predicted molar refractivity (Wildman–Crippen MR) is 44.9 cm³/mol. The minimum atomic E-state index is 0.682. The molecule has 11 heavy (non-hydrogen) atoms. The van der Waals surface area contributed by atoms with Gasteiger partial charge in [-0.3, -0.25) is 5.10 Å². The van der Waals surface area contributed by atoms with Crippen LogP contribution in [0, 0.1) is 0 Å². The lowest BCUT2D eigenvalue weighted by Crippen LogP contribution is -1.86. The predicted octanol–water partition coefficient (Wildman–Crippen LogP) is 2.33. The number of H-pyrrole nitrogens is 1. The molecule has 0 fully saturated rings. The number of hydrogen-bond acceptors (Lipinski definition) is 1. The molecule has 0 saturated heterocycles. The van der Waals surface area contributed by atoms with Crippen LogP contribution in [-0.2, 0) is 12.8 Å². The summed E-state index contributed by atoms with van der Waals surface area (Å²) in [5.41, 5.74) is 2.51. The van der Waals surface area contributed by atoms with Gasteiger partial charge < -0.3 is 0 Å². The summed E-state index contributed by atoms with van der Waals surface area (Å²) in [5, 5.41) is 7.65. The highest BCUT2D eigenvalue weighted by Crippen LogP contribution is 2.24. The molecule has 0 aromatic carbocycles. The second-order valence-corrected chi connectivity index (χ2v) is 3.39. The van der Waals surface area contributed by atoms with E-state index in [9.17, 15) is 0 Å². The molecule has 0 unspecified atom stereocenters. The van der Waals surface area contributed by atoms with Gasteiger partial charge in [0.15, 0.2) is 5.15 Å². The second kappa shape index (κ2) is 2.86. The lowest BCUT2D eigenvalue weighted by molar-refractivity contribution is 0.702. The molecule has 0 radical (unpaired) electrons. The highest BCUT2D eigenvalue weighted by molar-refractivity contribution is 6.30. The molecule has 0 amide bonds. The van der Waals surface area contributed by atoms with Gasteiger partial charge >= 0.3 is 0 Å². The van der Waals surface area contributed by atoms with Gasteiger partial charge in [0.05, 0.1) is 0 Å². The first kappa shape index (κ1) is 7.17. The Balaban J connectivity index is 2.35. The molecule has 1 aliphatic rings. The van der Waals surface area contributed by atoms with E-state index in [4.69, 9.17) is 11.6 Å². The summed E-state index contributed by atoms with van der Waals surface area (Å²) >= 11 is 5.89. The van der Waals surface area contributed by atoms with Gasteiger partial charge in [-0.2, -0.15) is 5.10 Å². The Bertz CT molecular complexity index is 255. The Morgan fingerprint density at radius 2 is 2.00 bits per heavy atom. The summed E-state index contributed by atoms with van der Waals surface area (Å²) in [6, 6.07) is 0. The molecule has 60 valence electrons. The van der Waals surface area contributed by atoms with E-state index in [1.807, 2.05) is 0 Å². The number of aromatic nitrogens is 2. The van der Waals surface area contributed by atoms with Gasteiger partial charge in [0.1, 0.15) is 0 Å². The van der Waals surface area contributed by atoms with Crippen LogP contribution >= 0.6 is 11.6 Å². The number of aryl methyl sites for hydroxylation is 1. The Morgan fingerprint density at radius 3 is 2.91 bits per heavy atom. The van der Waals surface area contributed by atoms with Gasteiger partial charge in [-0.25, -0.2) is 0 Å². The second-order valence-electron chi connectivity index (χ2n) is 3.03.